The molecular formula is C23H26N4O2S. The largest absolute Gasteiger partial charge is 0.337 e. The average molecular weight is 423 g/mol. The molecule has 0 saturated heterocycles. The molecule has 0 unspecified atom stereocenters. The van der Waals surface area contributed by atoms with E-state index >= 15 is 0 Å². The Bertz CT molecular complexity index is 1210. The summed E-state index contributed by atoms with van der Waals surface area (Å²) in [6, 6.07) is 13.8. The van der Waals surface area contributed by atoms with E-state index in [4.69, 9.17) is 4.98 Å². The Labute approximate surface area is 180 Å². The minimum Gasteiger partial charge on any atom is -0.337 e. The molecule has 1 N–H and O–H groups in total. The number of fused-ring (bicyclic) bond motifs is 2. The molecular weight excluding hydrogens is 396 g/mol. The quantitative estimate of drug-likeness (QED) is 0.367. The van der Waals surface area contributed by atoms with Gasteiger partial charge in [-0.15, -0.1) is 0 Å². The lowest BCUT2D eigenvalue weighted by Gasteiger charge is -2.28. The summed E-state index contributed by atoms with van der Waals surface area (Å²) in [5.74, 6) is -0.294. The Kier molecular flexibility index (Phi) is 6.18. The number of nitriles is 1. The lowest BCUT2D eigenvalue weighted by Crippen LogP contribution is -2.51. The van der Waals surface area contributed by atoms with Crippen molar-refractivity contribution < 1.29 is 4.79 Å². The van der Waals surface area contributed by atoms with Gasteiger partial charge in [-0.05, 0) is 49.6 Å². The fourth-order valence-electron chi connectivity index (χ4n) is 3.13. The molecule has 0 saturated carbocycles. The number of amides is 1. The van der Waals surface area contributed by atoms with Gasteiger partial charge in [0.05, 0.1) is 22.2 Å². The van der Waals surface area contributed by atoms with Crippen LogP contribution in [0.25, 0.3) is 21.7 Å². The molecule has 1 heterocycles. The second kappa shape index (κ2) is 8.49. The molecule has 3 rings (SSSR count). The summed E-state index contributed by atoms with van der Waals surface area (Å²) in [6.07, 6.45) is 0. The van der Waals surface area contributed by atoms with E-state index in [0.29, 0.717) is 22.6 Å². The third-order valence-electron chi connectivity index (χ3n) is 5.52. The van der Waals surface area contributed by atoms with Crippen LogP contribution in [0, 0.1) is 17.2 Å². The van der Waals surface area contributed by atoms with Crippen LogP contribution < -0.4 is 10.9 Å². The number of rotatable bonds is 6. The Hall–Kier alpha value is -2.85. The highest BCUT2D eigenvalue weighted by atomic mass is 32.2. The van der Waals surface area contributed by atoms with Gasteiger partial charge in [0, 0.05) is 6.54 Å². The monoisotopic (exact) mass is 422 g/mol. The van der Waals surface area contributed by atoms with Crippen molar-refractivity contribution in [1.29, 1.82) is 5.26 Å². The van der Waals surface area contributed by atoms with Crippen LogP contribution in [0.3, 0.4) is 0 Å². The first-order chi connectivity index (χ1) is 14.2. The number of nitrogens with one attached hydrogen (secondary N) is 1. The standard InChI is InChI=1S/C23H26N4O2S/c1-6-27-21(29)18-11-16-9-7-8-10-17(16)12-19(18)25-22(27)30-15(4)20(28)26-23(5,13-24)14(2)3/h7-12,14-15H,6H2,1-5H3,(H,26,28)/t15-,23-/m1/s1. The van der Waals surface area contributed by atoms with Gasteiger partial charge in [-0.2, -0.15) is 5.26 Å². The number of carbonyl (C=O) groups excluding carboxylic acids is 1. The van der Waals surface area contributed by atoms with Gasteiger partial charge < -0.3 is 5.32 Å². The molecule has 6 nitrogen and oxygen atoms in total. The SMILES string of the molecule is CCn1c(S[C@H](C)C(=O)N[C@](C)(C#N)C(C)C)nc2cc3ccccc3cc2c1=O. The van der Waals surface area contributed by atoms with Crippen molar-refractivity contribution in [1.82, 2.24) is 14.9 Å². The van der Waals surface area contributed by atoms with E-state index in [0.717, 1.165) is 10.8 Å². The molecule has 0 spiro atoms. The van der Waals surface area contributed by atoms with E-state index in [-0.39, 0.29) is 17.4 Å². The molecule has 3 aromatic rings. The highest BCUT2D eigenvalue weighted by molar-refractivity contribution is 8.00. The lowest BCUT2D eigenvalue weighted by molar-refractivity contribution is -0.121. The summed E-state index contributed by atoms with van der Waals surface area (Å²) in [6.45, 7) is 9.60. The van der Waals surface area contributed by atoms with Crippen molar-refractivity contribution in [2.24, 2.45) is 5.92 Å². The van der Waals surface area contributed by atoms with E-state index in [9.17, 15) is 14.9 Å². The minimum atomic E-state index is -0.952. The molecule has 0 fully saturated rings. The second-order valence-electron chi connectivity index (χ2n) is 7.88. The second-order valence-corrected chi connectivity index (χ2v) is 9.19. The first kappa shape index (κ1) is 21.8. The average Bonchev–Trinajstić information content (AvgIpc) is 2.72. The van der Waals surface area contributed by atoms with Crippen molar-refractivity contribution in [2.75, 3.05) is 0 Å². The van der Waals surface area contributed by atoms with Crippen molar-refractivity contribution in [3.05, 3.63) is 46.8 Å². The molecule has 1 amide bonds. The molecule has 30 heavy (non-hydrogen) atoms. The van der Waals surface area contributed by atoms with Crippen LogP contribution in [-0.4, -0.2) is 26.2 Å². The van der Waals surface area contributed by atoms with Gasteiger partial charge in [0.15, 0.2) is 5.16 Å². The van der Waals surface area contributed by atoms with Crippen molar-refractivity contribution in [2.45, 2.75) is 57.1 Å². The molecule has 7 heteroatoms. The van der Waals surface area contributed by atoms with E-state index in [1.54, 1.807) is 18.4 Å². The number of carbonyl (C=O) groups is 1. The molecule has 156 valence electrons. The number of hydrogen-bond acceptors (Lipinski definition) is 5. The van der Waals surface area contributed by atoms with Gasteiger partial charge in [0.1, 0.15) is 5.54 Å². The van der Waals surface area contributed by atoms with Gasteiger partial charge in [-0.1, -0.05) is 49.9 Å². The minimum absolute atomic E-state index is 0.0375. The van der Waals surface area contributed by atoms with Crippen LogP contribution >= 0.6 is 11.8 Å². The highest BCUT2D eigenvalue weighted by Crippen LogP contribution is 2.26. The van der Waals surface area contributed by atoms with Crippen LogP contribution in [0.2, 0.25) is 0 Å². The van der Waals surface area contributed by atoms with Crippen molar-refractivity contribution in [3.63, 3.8) is 0 Å². The normalized spacial score (nSPS) is 14.4. The molecule has 2 aromatic carbocycles. The maximum absolute atomic E-state index is 13.1. The molecule has 0 aliphatic heterocycles. The summed E-state index contributed by atoms with van der Waals surface area (Å²) >= 11 is 1.23. The zero-order valence-corrected chi connectivity index (χ0v) is 18.7. The van der Waals surface area contributed by atoms with E-state index in [1.807, 2.05) is 57.2 Å². The van der Waals surface area contributed by atoms with Gasteiger partial charge in [0.25, 0.3) is 5.56 Å². The number of benzene rings is 2. The molecule has 0 bridgehead atoms. The number of nitrogens with zero attached hydrogens (tertiary/aromatic N) is 3. The topological polar surface area (TPSA) is 87.8 Å². The van der Waals surface area contributed by atoms with Crippen LogP contribution in [-0.2, 0) is 11.3 Å². The predicted molar refractivity (Wildman–Crippen MR) is 122 cm³/mol. The van der Waals surface area contributed by atoms with Crippen LogP contribution in [0.4, 0.5) is 0 Å². The van der Waals surface area contributed by atoms with Gasteiger partial charge >= 0.3 is 0 Å². The Morgan fingerprint density at radius 1 is 1.27 bits per heavy atom. The van der Waals surface area contributed by atoms with Crippen molar-refractivity contribution >= 4 is 39.3 Å². The maximum atomic E-state index is 13.1. The molecule has 2 atom stereocenters. The summed E-state index contributed by atoms with van der Waals surface area (Å²) in [4.78, 5) is 30.6. The van der Waals surface area contributed by atoms with Crippen LogP contribution in [0.15, 0.2) is 46.3 Å². The van der Waals surface area contributed by atoms with Crippen LogP contribution in [0.5, 0.6) is 0 Å². The first-order valence-electron chi connectivity index (χ1n) is 10.0. The Morgan fingerprint density at radius 2 is 1.90 bits per heavy atom. The summed E-state index contributed by atoms with van der Waals surface area (Å²) in [5.41, 5.74) is -0.457. The number of hydrogen-bond donors (Lipinski definition) is 1. The van der Waals surface area contributed by atoms with Crippen LogP contribution in [0.1, 0.15) is 34.6 Å². The van der Waals surface area contributed by atoms with Gasteiger partial charge in [-0.3, -0.25) is 14.2 Å². The highest BCUT2D eigenvalue weighted by Gasteiger charge is 2.32. The molecule has 0 aliphatic rings. The van der Waals surface area contributed by atoms with Gasteiger partial charge in [0.2, 0.25) is 5.91 Å². The predicted octanol–water partition coefficient (Wildman–Crippen LogP) is 4.10. The third-order valence-corrected chi connectivity index (χ3v) is 6.61. The fraction of sp³-hybridized carbons (Fsp3) is 0.391. The Balaban J connectivity index is 1.99. The maximum Gasteiger partial charge on any atom is 0.262 e. The van der Waals surface area contributed by atoms with E-state index in [2.05, 4.69) is 11.4 Å². The third kappa shape index (κ3) is 4.05. The Morgan fingerprint density at radius 3 is 2.47 bits per heavy atom. The summed E-state index contributed by atoms with van der Waals surface area (Å²) in [7, 11) is 0. The van der Waals surface area contributed by atoms with Crippen molar-refractivity contribution in [3.8, 4) is 6.07 Å². The lowest BCUT2D eigenvalue weighted by atomic mass is 9.90. The number of aromatic nitrogens is 2. The van der Waals surface area contributed by atoms with Gasteiger partial charge in [-0.25, -0.2) is 4.98 Å². The van der Waals surface area contributed by atoms with E-state index < -0.39 is 10.8 Å². The summed E-state index contributed by atoms with van der Waals surface area (Å²) < 4.78 is 1.59. The zero-order valence-electron chi connectivity index (χ0n) is 17.9. The zero-order chi connectivity index (χ0) is 22.1. The first-order valence-corrected chi connectivity index (χ1v) is 10.9. The number of thioether (sulfide) groups is 1. The molecule has 1 aromatic heterocycles. The molecule has 0 radical (unpaired) electrons. The summed E-state index contributed by atoms with van der Waals surface area (Å²) in [5, 5.41) is 14.9. The molecule has 0 aliphatic carbocycles. The van der Waals surface area contributed by atoms with E-state index in [1.165, 1.54) is 11.8 Å². The smallest absolute Gasteiger partial charge is 0.262 e. The fourth-order valence-corrected chi connectivity index (χ4v) is 4.10.